The Balaban J connectivity index is 1.97. The summed E-state index contributed by atoms with van der Waals surface area (Å²) in [6, 6.07) is 14.7. The molecule has 0 atom stereocenters. The first kappa shape index (κ1) is 14.0. The lowest BCUT2D eigenvalue weighted by molar-refractivity contribution is 0.186. The van der Waals surface area contributed by atoms with Crippen LogP contribution in [0.5, 0.6) is 0 Å². The number of nitrogens with zero attached hydrogens (tertiary/aromatic N) is 2. The number of H-pyrrole nitrogens is 1. The average Bonchev–Trinajstić information content (AvgIpc) is 2.86. The molecule has 1 N–H and O–H groups in total. The number of aromatic nitrogens is 3. The summed E-state index contributed by atoms with van der Waals surface area (Å²) in [7, 11) is 1.69. The van der Waals surface area contributed by atoms with Crippen LogP contribution >= 0.6 is 12.2 Å². The summed E-state index contributed by atoms with van der Waals surface area (Å²) in [6.07, 6.45) is 0.748. The Kier molecular flexibility index (Phi) is 4.13. The van der Waals surface area contributed by atoms with Crippen molar-refractivity contribution in [1.82, 2.24) is 14.8 Å². The Hall–Kier alpha value is -1.98. The van der Waals surface area contributed by atoms with Crippen LogP contribution in [-0.4, -0.2) is 28.5 Å². The van der Waals surface area contributed by atoms with Gasteiger partial charge in [0.05, 0.1) is 6.61 Å². The second-order valence-electron chi connectivity index (χ2n) is 4.90. The summed E-state index contributed by atoms with van der Waals surface area (Å²) in [5, 5.41) is 9.74. The Morgan fingerprint density at radius 3 is 2.86 bits per heavy atom. The fraction of sp³-hybridized carbons (Fsp3) is 0.250. The molecule has 0 aliphatic rings. The summed E-state index contributed by atoms with van der Waals surface area (Å²) >= 11 is 5.29. The van der Waals surface area contributed by atoms with Crippen molar-refractivity contribution in [3.05, 3.63) is 58.6 Å². The minimum absolute atomic E-state index is 0.621. The largest absolute Gasteiger partial charge is 0.383 e. The van der Waals surface area contributed by atoms with E-state index >= 15 is 0 Å². The molecule has 4 nitrogen and oxygen atoms in total. The molecule has 21 heavy (non-hydrogen) atoms. The van der Waals surface area contributed by atoms with Gasteiger partial charge in [0, 0.05) is 20.1 Å². The van der Waals surface area contributed by atoms with Gasteiger partial charge >= 0.3 is 0 Å². The number of rotatable bonds is 5. The maximum Gasteiger partial charge on any atom is 0.195 e. The van der Waals surface area contributed by atoms with Gasteiger partial charge in [-0.05, 0) is 28.6 Å². The van der Waals surface area contributed by atoms with Crippen LogP contribution in [0.3, 0.4) is 0 Å². The van der Waals surface area contributed by atoms with Gasteiger partial charge in [0.25, 0.3) is 0 Å². The van der Waals surface area contributed by atoms with Gasteiger partial charge in [-0.15, -0.1) is 0 Å². The van der Waals surface area contributed by atoms with Crippen molar-refractivity contribution in [3.63, 3.8) is 0 Å². The van der Waals surface area contributed by atoms with Gasteiger partial charge in [-0.25, -0.2) is 0 Å². The first-order valence-electron chi connectivity index (χ1n) is 6.89. The first-order chi connectivity index (χ1) is 10.3. The molecule has 1 heterocycles. The topological polar surface area (TPSA) is 42.8 Å². The van der Waals surface area contributed by atoms with Gasteiger partial charge in [-0.1, -0.05) is 42.5 Å². The van der Waals surface area contributed by atoms with Crippen LogP contribution in [0.15, 0.2) is 42.5 Å². The van der Waals surface area contributed by atoms with E-state index in [0.717, 1.165) is 12.2 Å². The maximum atomic E-state index is 5.29. The molecule has 0 spiro atoms. The predicted octanol–water partition coefficient (Wildman–Crippen LogP) is 3.33. The third kappa shape index (κ3) is 2.89. The van der Waals surface area contributed by atoms with Crippen molar-refractivity contribution in [2.75, 3.05) is 13.7 Å². The van der Waals surface area contributed by atoms with E-state index in [2.05, 4.69) is 52.7 Å². The normalized spacial score (nSPS) is 11.1. The van der Waals surface area contributed by atoms with E-state index in [4.69, 9.17) is 17.0 Å². The molecule has 0 saturated heterocycles. The summed E-state index contributed by atoms with van der Waals surface area (Å²) < 4.78 is 7.78. The van der Waals surface area contributed by atoms with Gasteiger partial charge < -0.3 is 9.30 Å². The molecular weight excluding hydrogens is 282 g/mol. The van der Waals surface area contributed by atoms with Crippen molar-refractivity contribution in [2.24, 2.45) is 0 Å². The lowest BCUT2D eigenvalue weighted by Gasteiger charge is -2.08. The van der Waals surface area contributed by atoms with Crippen molar-refractivity contribution in [2.45, 2.75) is 13.0 Å². The Labute approximate surface area is 128 Å². The van der Waals surface area contributed by atoms with Gasteiger partial charge in [-0.3, -0.25) is 5.10 Å². The molecule has 0 saturated carbocycles. The van der Waals surface area contributed by atoms with E-state index in [-0.39, 0.29) is 0 Å². The fourth-order valence-corrected chi connectivity index (χ4v) is 2.76. The number of fused-ring (bicyclic) bond motifs is 1. The minimum Gasteiger partial charge on any atom is -0.383 e. The highest BCUT2D eigenvalue weighted by Gasteiger charge is 2.09. The second-order valence-corrected chi connectivity index (χ2v) is 5.29. The zero-order chi connectivity index (χ0) is 14.7. The third-order valence-electron chi connectivity index (χ3n) is 3.58. The molecule has 3 rings (SSSR count). The quantitative estimate of drug-likeness (QED) is 0.735. The van der Waals surface area contributed by atoms with Crippen LogP contribution < -0.4 is 0 Å². The zero-order valence-corrected chi connectivity index (χ0v) is 12.7. The number of aromatic amines is 1. The van der Waals surface area contributed by atoms with E-state index in [1.807, 2.05) is 4.57 Å². The molecule has 0 fully saturated rings. The molecule has 5 heteroatoms. The van der Waals surface area contributed by atoms with Crippen molar-refractivity contribution >= 4 is 23.0 Å². The standard InChI is InChI=1S/C16H17N3OS/c1-20-10-9-19-15(17-18-16(19)21)11-13-7-4-6-12-5-2-3-8-14(12)13/h2-8H,9-11H2,1H3,(H,18,21). The first-order valence-corrected chi connectivity index (χ1v) is 7.30. The molecule has 0 unspecified atom stereocenters. The zero-order valence-electron chi connectivity index (χ0n) is 11.9. The summed E-state index contributed by atoms with van der Waals surface area (Å²) in [5.41, 5.74) is 1.25. The predicted molar refractivity (Wildman–Crippen MR) is 86.0 cm³/mol. The highest BCUT2D eigenvalue weighted by molar-refractivity contribution is 7.71. The Morgan fingerprint density at radius 1 is 1.19 bits per heavy atom. The van der Waals surface area contributed by atoms with E-state index < -0.39 is 0 Å². The van der Waals surface area contributed by atoms with E-state index in [9.17, 15) is 0 Å². The van der Waals surface area contributed by atoms with E-state index in [1.165, 1.54) is 16.3 Å². The molecular formula is C16H17N3OS. The van der Waals surface area contributed by atoms with Crippen LogP contribution in [0.2, 0.25) is 0 Å². The molecule has 0 aliphatic carbocycles. The summed E-state index contributed by atoms with van der Waals surface area (Å²) in [4.78, 5) is 0. The monoisotopic (exact) mass is 299 g/mol. The highest BCUT2D eigenvalue weighted by Crippen LogP contribution is 2.20. The molecule has 2 aromatic carbocycles. The van der Waals surface area contributed by atoms with Crippen molar-refractivity contribution in [3.8, 4) is 0 Å². The summed E-state index contributed by atoms with van der Waals surface area (Å²) in [5.74, 6) is 0.938. The van der Waals surface area contributed by atoms with Gasteiger partial charge in [-0.2, -0.15) is 5.10 Å². The van der Waals surface area contributed by atoms with Crippen molar-refractivity contribution < 1.29 is 4.74 Å². The second kappa shape index (κ2) is 6.20. The van der Waals surface area contributed by atoms with Crippen LogP contribution in [0, 0.1) is 4.77 Å². The summed E-state index contributed by atoms with van der Waals surface area (Å²) in [6.45, 7) is 1.34. The van der Waals surface area contributed by atoms with Crippen LogP contribution in [0.25, 0.3) is 10.8 Å². The van der Waals surface area contributed by atoms with Crippen LogP contribution in [0.4, 0.5) is 0 Å². The van der Waals surface area contributed by atoms with Gasteiger partial charge in [0.2, 0.25) is 0 Å². The van der Waals surface area contributed by atoms with Crippen molar-refractivity contribution in [1.29, 1.82) is 0 Å². The molecule has 108 valence electrons. The molecule has 0 radical (unpaired) electrons. The van der Waals surface area contributed by atoms with E-state index in [0.29, 0.717) is 17.9 Å². The van der Waals surface area contributed by atoms with Crippen LogP contribution in [-0.2, 0) is 17.7 Å². The molecule has 0 aliphatic heterocycles. The molecule has 1 aromatic heterocycles. The number of benzene rings is 2. The number of hydrogen-bond acceptors (Lipinski definition) is 3. The third-order valence-corrected chi connectivity index (χ3v) is 3.90. The lowest BCUT2D eigenvalue weighted by atomic mass is 10.0. The minimum atomic E-state index is 0.621. The Morgan fingerprint density at radius 2 is 2.00 bits per heavy atom. The SMILES string of the molecule is COCCn1c(Cc2cccc3ccccc23)n[nH]c1=S. The van der Waals surface area contributed by atoms with Gasteiger partial charge in [0.1, 0.15) is 5.82 Å². The highest BCUT2D eigenvalue weighted by atomic mass is 32.1. The lowest BCUT2D eigenvalue weighted by Crippen LogP contribution is -2.09. The van der Waals surface area contributed by atoms with Gasteiger partial charge in [0.15, 0.2) is 4.77 Å². The smallest absolute Gasteiger partial charge is 0.195 e. The molecule has 0 bridgehead atoms. The van der Waals surface area contributed by atoms with Crippen LogP contribution in [0.1, 0.15) is 11.4 Å². The number of nitrogens with one attached hydrogen (secondary N) is 1. The molecule has 3 aromatic rings. The Bertz CT molecular complexity index is 801. The fourth-order valence-electron chi connectivity index (χ4n) is 2.52. The number of methoxy groups -OCH3 is 1. The number of hydrogen-bond donors (Lipinski definition) is 1. The van der Waals surface area contributed by atoms with E-state index in [1.54, 1.807) is 7.11 Å². The average molecular weight is 299 g/mol. The number of ether oxygens (including phenoxy) is 1. The molecule has 0 amide bonds. The maximum absolute atomic E-state index is 5.29.